The minimum absolute atomic E-state index is 0.654. The molecule has 1 saturated heterocycles. The van der Waals surface area contributed by atoms with Crippen LogP contribution in [0.15, 0.2) is 24.3 Å². The molecule has 0 bridgehead atoms. The van der Waals surface area contributed by atoms with Crippen molar-refractivity contribution in [2.45, 2.75) is 31.8 Å². The van der Waals surface area contributed by atoms with Crippen LogP contribution in [-0.4, -0.2) is 38.2 Å². The molecule has 1 aliphatic rings. The van der Waals surface area contributed by atoms with Gasteiger partial charge in [-0.2, -0.15) is 0 Å². The van der Waals surface area contributed by atoms with Crippen LogP contribution in [0.1, 0.15) is 24.8 Å². The fourth-order valence-electron chi connectivity index (χ4n) is 2.49. The van der Waals surface area contributed by atoms with Gasteiger partial charge in [0.15, 0.2) is 0 Å². The van der Waals surface area contributed by atoms with Crippen molar-refractivity contribution in [3.05, 3.63) is 29.8 Å². The van der Waals surface area contributed by atoms with E-state index in [9.17, 15) is 0 Å². The van der Waals surface area contributed by atoms with Gasteiger partial charge in [-0.25, -0.2) is 0 Å². The van der Waals surface area contributed by atoms with E-state index in [1.807, 2.05) is 6.07 Å². The van der Waals surface area contributed by atoms with E-state index in [2.05, 4.69) is 35.5 Å². The molecule has 0 radical (unpaired) electrons. The smallest absolute Gasteiger partial charge is 0.119 e. The quantitative estimate of drug-likeness (QED) is 0.884. The number of likely N-dealkylation sites (tertiary alicyclic amines) is 1. The Morgan fingerprint density at radius 3 is 3.06 bits per heavy atom. The summed E-state index contributed by atoms with van der Waals surface area (Å²) in [6, 6.07) is 8.95. The summed E-state index contributed by atoms with van der Waals surface area (Å²) < 4.78 is 5.25. The highest BCUT2D eigenvalue weighted by Crippen LogP contribution is 2.14. The Hall–Kier alpha value is -1.06. The van der Waals surface area contributed by atoms with Crippen molar-refractivity contribution in [2.24, 2.45) is 0 Å². The molecule has 100 valence electrons. The van der Waals surface area contributed by atoms with Gasteiger partial charge in [0.2, 0.25) is 0 Å². The lowest BCUT2D eigenvalue weighted by Crippen LogP contribution is -2.29. The van der Waals surface area contributed by atoms with Crippen LogP contribution in [0.3, 0.4) is 0 Å². The van der Waals surface area contributed by atoms with Crippen molar-refractivity contribution in [1.82, 2.24) is 10.2 Å². The summed E-state index contributed by atoms with van der Waals surface area (Å²) in [5.41, 5.74) is 1.30. The third kappa shape index (κ3) is 4.00. The predicted octanol–water partition coefficient (Wildman–Crippen LogP) is 2.27. The molecule has 1 fully saturated rings. The van der Waals surface area contributed by atoms with Crippen LogP contribution in [0, 0.1) is 0 Å². The summed E-state index contributed by atoms with van der Waals surface area (Å²) >= 11 is 0. The van der Waals surface area contributed by atoms with Gasteiger partial charge in [0, 0.05) is 12.6 Å². The molecular weight excluding hydrogens is 224 g/mol. The van der Waals surface area contributed by atoms with Crippen LogP contribution in [0.25, 0.3) is 0 Å². The molecule has 1 aromatic rings. The minimum Gasteiger partial charge on any atom is -0.497 e. The first-order chi connectivity index (χ1) is 8.78. The molecule has 0 saturated carbocycles. The van der Waals surface area contributed by atoms with Crippen molar-refractivity contribution in [3.8, 4) is 5.75 Å². The van der Waals surface area contributed by atoms with Crippen LogP contribution < -0.4 is 10.1 Å². The van der Waals surface area contributed by atoms with E-state index < -0.39 is 0 Å². The number of benzene rings is 1. The van der Waals surface area contributed by atoms with Crippen LogP contribution >= 0.6 is 0 Å². The van der Waals surface area contributed by atoms with E-state index >= 15 is 0 Å². The third-order valence-electron chi connectivity index (χ3n) is 3.68. The monoisotopic (exact) mass is 248 g/mol. The molecule has 1 atom stereocenters. The number of nitrogens with one attached hydrogen (secondary N) is 1. The maximum absolute atomic E-state index is 5.25. The van der Waals surface area contributed by atoms with E-state index in [4.69, 9.17) is 4.74 Å². The number of rotatable bonds is 4. The lowest BCUT2D eigenvalue weighted by atomic mass is 10.1. The van der Waals surface area contributed by atoms with E-state index in [1.165, 1.54) is 37.9 Å². The number of hydrogen-bond acceptors (Lipinski definition) is 3. The Bertz CT molecular complexity index is 367. The number of hydrogen-bond donors (Lipinski definition) is 1. The standard InChI is InChI=1S/C15H24N2O/c1-17-9-4-6-14(8-10-17)16-12-13-5-3-7-15(11-13)18-2/h3,5,7,11,14,16H,4,6,8-10,12H2,1-2H3. The number of methoxy groups -OCH3 is 1. The molecule has 18 heavy (non-hydrogen) atoms. The Morgan fingerprint density at radius 2 is 2.22 bits per heavy atom. The highest BCUT2D eigenvalue weighted by molar-refractivity contribution is 5.28. The summed E-state index contributed by atoms with van der Waals surface area (Å²) in [6.07, 6.45) is 3.83. The molecule has 3 heteroatoms. The maximum atomic E-state index is 5.25. The first-order valence-electron chi connectivity index (χ1n) is 6.83. The van der Waals surface area contributed by atoms with E-state index in [0.717, 1.165) is 12.3 Å². The highest BCUT2D eigenvalue weighted by atomic mass is 16.5. The van der Waals surface area contributed by atoms with Crippen molar-refractivity contribution >= 4 is 0 Å². The van der Waals surface area contributed by atoms with Crippen molar-refractivity contribution in [2.75, 3.05) is 27.2 Å². The summed E-state index contributed by atoms with van der Waals surface area (Å²) in [6.45, 7) is 3.37. The molecule has 2 rings (SSSR count). The summed E-state index contributed by atoms with van der Waals surface area (Å²) in [4.78, 5) is 2.42. The Balaban J connectivity index is 1.83. The van der Waals surface area contributed by atoms with Crippen molar-refractivity contribution in [3.63, 3.8) is 0 Å². The Kier molecular flexibility index (Phi) is 5.02. The largest absolute Gasteiger partial charge is 0.497 e. The third-order valence-corrected chi connectivity index (χ3v) is 3.68. The zero-order valence-corrected chi connectivity index (χ0v) is 11.5. The molecule has 0 aromatic heterocycles. The van der Waals surface area contributed by atoms with Gasteiger partial charge >= 0.3 is 0 Å². The zero-order chi connectivity index (χ0) is 12.8. The first kappa shape index (κ1) is 13.4. The maximum Gasteiger partial charge on any atom is 0.119 e. The first-order valence-corrected chi connectivity index (χ1v) is 6.83. The molecule has 1 aromatic carbocycles. The molecule has 3 nitrogen and oxygen atoms in total. The second-order valence-electron chi connectivity index (χ2n) is 5.16. The fourth-order valence-corrected chi connectivity index (χ4v) is 2.49. The molecule has 1 N–H and O–H groups in total. The lowest BCUT2D eigenvalue weighted by molar-refractivity contribution is 0.343. The van der Waals surface area contributed by atoms with Gasteiger partial charge in [-0.3, -0.25) is 0 Å². The molecule has 1 heterocycles. The molecule has 1 unspecified atom stereocenters. The Labute approximate surface area is 110 Å². The van der Waals surface area contributed by atoms with Crippen LogP contribution in [0.4, 0.5) is 0 Å². The summed E-state index contributed by atoms with van der Waals surface area (Å²) in [5, 5.41) is 3.67. The summed E-state index contributed by atoms with van der Waals surface area (Å²) in [5.74, 6) is 0.940. The van der Waals surface area contributed by atoms with Gasteiger partial charge in [0.25, 0.3) is 0 Å². The van der Waals surface area contributed by atoms with Crippen molar-refractivity contribution < 1.29 is 4.74 Å². The van der Waals surface area contributed by atoms with Crippen LogP contribution in [-0.2, 0) is 6.54 Å². The predicted molar refractivity (Wildman–Crippen MR) is 75.0 cm³/mol. The second-order valence-corrected chi connectivity index (χ2v) is 5.16. The molecule has 0 spiro atoms. The lowest BCUT2D eigenvalue weighted by Gasteiger charge is -2.17. The van der Waals surface area contributed by atoms with Gasteiger partial charge in [-0.15, -0.1) is 0 Å². The highest BCUT2D eigenvalue weighted by Gasteiger charge is 2.13. The van der Waals surface area contributed by atoms with Gasteiger partial charge < -0.3 is 15.0 Å². The molecular formula is C15H24N2O. The number of ether oxygens (including phenoxy) is 1. The van der Waals surface area contributed by atoms with E-state index in [1.54, 1.807) is 7.11 Å². The van der Waals surface area contributed by atoms with Gasteiger partial charge in [0.05, 0.1) is 7.11 Å². The van der Waals surface area contributed by atoms with Gasteiger partial charge in [0.1, 0.15) is 5.75 Å². The zero-order valence-electron chi connectivity index (χ0n) is 11.5. The van der Waals surface area contributed by atoms with Gasteiger partial charge in [-0.05, 0) is 57.1 Å². The summed E-state index contributed by atoms with van der Waals surface area (Å²) in [7, 11) is 3.93. The second kappa shape index (κ2) is 6.76. The average Bonchev–Trinajstić information content (AvgIpc) is 2.61. The van der Waals surface area contributed by atoms with Crippen LogP contribution in [0.5, 0.6) is 5.75 Å². The normalized spacial score (nSPS) is 21.6. The topological polar surface area (TPSA) is 24.5 Å². The SMILES string of the molecule is COc1cccc(CNC2CCCN(C)CC2)c1. The number of nitrogens with zero attached hydrogens (tertiary/aromatic N) is 1. The van der Waals surface area contributed by atoms with Crippen molar-refractivity contribution in [1.29, 1.82) is 0 Å². The Morgan fingerprint density at radius 1 is 1.33 bits per heavy atom. The van der Waals surface area contributed by atoms with E-state index in [-0.39, 0.29) is 0 Å². The fraction of sp³-hybridized carbons (Fsp3) is 0.600. The minimum atomic E-state index is 0.654. The van der Waals surface area contributed by atoms with Crippen LogP contribution in [0.2, 0.25) is 0 Å². The van der Waals surface area contributed by atoms with Gasteiger partial charge in [-0.1, -0.05) is 12.1 Å². The molecule has 1 aliphatic heterocycles. The van der Waals surface area contributed by atoms with E-state index in [0.29, 0.717) is 6.04 Å². The molecule has 0 amide bonds. The average molecular weight is 248 g/mol. The molecule has 0 aliphatic carbocycles.